The first-order valence-corrected chi connectivity index (χ1v) is 12.7. The number of hydrogen-bond donors (Lipinski definition) is 0. The Kier molecular flexibility index (Phi) is 6.83. The summed E-state index contributed by atoms with van der Waals surface area (Å²) >= 11 is 0. The number of hydrogen-bond acceptors (Lipinski definition) is 5. The number of anilines is 1. The fourth-order valence-corrected chi connectivity index (χ4v) is 5.82. The van der Waals surface area contributed by atoms with Crippen LogP contribution in [-0.2, 0) is 14.8 Å². The van der Waals surface area contributed by atoms with E-state index in [0.717, 1.165) is 31.7 Å². The minimum atomic E-state index is -3.51. The van der Waals surface area contributed by atoms with Crippen LogP contribution in [0.25, 0.3) is 0 Å². The molecular weight excluding hydrogens is 424 g/mol. The van der Waals surface area contributed by atoms with Crippen LogP contribution in [-0.4, -0.2) is 87.3 Å². The molecule has 4 rings (SSSR count). The number of nitrogens with zero attached hydrogens (tertiary/aromatic N) is 4. The molecule has 32 heavy (non-hydrogen) atoms. The van der Waals surface area contributed by atoms with Gasteiger partial charge >= 0.3 is 0 Å². The van der Waals surface area contributed by atoms with Crippen LogP contribution < -0.4 is 4.90 Å². The van der Waals surface area contributed by atoms with Crippen molar-refractivity contribution in [3.8, 4) is 0 Å². The Morgan fingerprint density at radius 2 is 1.44 bits per heavy atom. The minimum absolute atomic E-state index is 0.0849. The number of carbonyl (C=O) groups is 1. The molecule has 0 unspecified atom stereocenters. The lowest BCUT2D eigenvalue weighted by atomic mass is 10.1. The van der Waals surface area contributed by atoms with Gasteiger partial charge in [-0.05, 0) is 37.6 Å². The van der Waals surface area contributed by atoms with Crippen molar-refractivity contribution >= 4 is 21.6 Å². The predicted octanol–water partition coefficient (Wildman–Crippen LogP) is 1.96. The van der Waals surface area contributed by atoms with Crippen molar-refractivity contribution in [1.29, 1.82) is 0 Å². The van der Waals surface area contributed by atoms with Gasteiger partial charge in [0.25, 0.3) is 0 Å². The van der Waals surface area contributed by atoms with Gasteiger partial charge in [-0.25, -0.2) is 8.42 Å². The van der Waals surface area contributed by atoms with Crippen molar-refractivity contribution in [3.05, 3.63) is 59.7 Å². The highest BCUT2D eigenvalue weighted by atomic mass is 32.2. The molecule has 2 fully saturated rings. The van der Waals surface area contributed by atoms with Gasteiger partial charge in [0.2, 0.25) is 15.9 Å². The number of para-hydroxylation sites is 1. The number of sulfonamides is 1. The average Bonchev–Trinajstić information content (AvgIpc) is 2.80. The zero-order chi connectivity index (χ0) is 22.7. The second-order valence-corrected chi connectivity index (χ2v) is 10.6. The van der Waals surface area contributed by atoms with Crippen molar-refractivity contribution in [3.63, 3.8) is 0 Å². The number of benzene rings is 2. The molecule has 0 saturated carbocycles. The summed E-state index contributed by atoms with van der Waals surface area (Å²) < 4.78 is 27.2. The van der Waals surface area contributed by atoms with E-state index in [9.17, 15) is 13.2 Å². The quantitative estimate of drug-likeness (QED) is 0.688. The van der Waals surface area contributed by atoms with Gasteiger partial charge in [0.15, 0.2) is 0 Å². The minimum Gasteiger partial charge on any atom is -0.369 e. The van der Waals surface area contributed by atoms with Crippen LogP contribution in [0.15, 0.2) is 53.4 Å². The third kappa shape index (κ3) is 4.98. The van der Waals surface area contributed by atoms with E-state index in [1.165, 1.54) is 15.6 Å². The summed E-state index contributed by atoms with van der Waals surface area (Å²) in [4.78, 5) is 19.5. The molecule has 0 aromatic heterocycles. The Hall–Kier alpha value is -2.42. The van der Waals surface area contributed by atoms with E-state index >= 15 is 0 Å². The molecule has 0 radical (unpaired) electrons. The molecular formula is C24H32N4O3S. The van der Waals surface area contributed by atoms with Crippen molar-refractivity contribution < 1.29 is 13.2 Å². The zero-order valence-electron chi connectivity index (χ0n) is 18.9. The summed E-state index contributed by atoms with van der Waals surface area (Å²) in [5, 5.41) is 0. The molecule has 172 valence electrons. The molecule has 7 nitrogen and oxygen atoms in total. The highest BCUT2D eigenvalue weighted by molar-refractivity contribution is 7.89. The monoisotopic (exact) mass is 456 g/mol. The lowest BCUT2D eigenvalue weighted by molar-refractivity contribution is -0.133. The van der Waals surface area contributed by atoms with E-state index in [-0.39, 0.29) is 5.91 Å². The van der Waals surface area contributed by atoms with E-state index in [1.54, 1.807) is 17.0 Å². The molecule has 1 amide bonds. The predicted molar refractivity (Wildman–Crippen MR) is 126 cm³/mol. The first kappa shape index (κ1) is 22.8. The van der Waals surface area contributed by atoms with Crippen molar-refractivity contribution in [2.45, 2.75) is 18.7 Å². The first-order chi connectivity index (χ1) is 15.3. The van der Waals surface area contributed by atoms with Gasteiger partial charge in [0.1, 0.15) is 0 Å². The van der Waals surface area contributed by atoms with Gasteiger partial charge in [0, 0.05) is 58.0 Å². The Morgan fingerprint density at radius 3 is 2.06 bits per heavy atom. The van der Waals surface area contributed by atoms with Crippen molar-refractivity contribution in [1.82, 2.24) is 14.1 Å². The van der Waals surface area contributed by atoms with Crippen LogP contribution in [0.3, 0.4) is 0 Å². The van der Waals surface area contributed by atoms with Gasteiger partial charge in [-0.1, -0.05) is 35.9 Å². The summed E-state index contributed by atoms with van der Waals surface area (Å²) in [6.07, 6.45) is 0. The second-order valence-electron chi connectivity index (χ2n) is 8.65. The van der Waals surface area contributed by atoms with Gasteiger partial charge in [-0.15, -0.1) is 0 Å². The highest BCUT2D eigenvalue weighted by Crippen LogP contribution is 2.21. The number of rotatable bonds is 5. The zero-order valence-corrected chi connectivity index (χ0v) is 19.7. The fourth-order valence-electron chi connectivity index (χ4n) is 4.39. The normalized spacial score (nSPS) is 18.7. The first-order valence-electron chi connectivity index (χ1n) is 11.2. The lowest BCUT2D eigenvalue weighted by Gasteiger charge is -2.38. The SMILES string of the molecule is Cc1ccc(S(=O)(=O)N2CCN(C(=O)CN3CCN(c4ccccc4C)CC3)CC2)cc1. The Labute approximate surface area is 191 Å². The number of carbonyl (C=O) groups excluding carboxylic acids is 1. The van der Waals surface area contributed by atoms with Gasteiger partial charge < -0.3 is 9.80 Å². The maximum absolute atomic E-state index is 12.9. The van der Waals surface area contributed by atoms with Crippen LogP contribution in [0.5, 0.6) is 0 Å². The maximum atomic E-state index is 12.9. The molecule has 0 atom stereocenters. The number of amides is 1. The van der Waals surface area contributed by atoms with Crippen molar-refractivity contribution in [2.24, 2.45) is 0 Å². The maximum Gasteiger partial charge on any atom is 0.243 e. The Bertz CT molecular complexity index is 1040. The second kappa shape index (κ2) is 9.60. The summed E-state index contributed by atoms with van der Waals surface area (Å²) in [5.41, 5.74) is 3.57. The molecule has 2 aromatic carbocycles. The van der Waals surface area contributed by atoms with Crippen LogP contribution in [0, 0.1) is 13.8 Å². The average molecular weight is 457 g/mol. The van der Waals surface area contributed by atoms with E-state index in [1.807, 2.05) is 19.1 Å². The Balaban J connectivity index is 1.26. The largest absolute Gasteiger partial charge is 0.369 e. The molecule has 2 aliphatic heterocycles. The van der Waals surface area contributed by atoms with Crippen LogP contribution in [0.4, 0.5) is 5.69 Å². The molecule has 2 aromatic rings. The van der Waals surface area contributed by atoms with Gasteiger partial charge in [-0.3, -0.25) is 9.69 Å². The van der Waals surface area contributed by atoms with Crippen LogP contribution in [0.2, 0.25) is 0 Å². The molecule has 0 spiro atoms. The molecule has 0 N–H and O–H groups in total. The molecule has 0 aliphatic carbocycles. The topological polar surface area (TPSA) is 64.2 Å². The number of piperazine rings is 2. The highest BCUT2D eigenvalue weighted by Gasteiger charge is 2.31. The summed E-state index contributed by atoms with van der Waals surface area (Å²) in [6.45, 7) is 9.51. The summed E-state index contributed by atoms with van der Waals surface area (Å²) in [6, 6.07) is 15.3. The fraction of sp³-hybridized carbons (Fsp3) is 0.458. The standard InChI is InChI=1S/C24H32N4O3S/c1-20-7-9-22(10-8-20)32(30,31)28-17-15-27(16-18-28)24(29)19-25-11-13-26(14-12-25)23-6-4-3-5-21(23)2/h3-10H,11-19H2,1-2H3. The van der Waals surface area contributed by atoms with E-state index < -0.39 is 10.0 Å². The smallest absolute Gasteiger partial charge is 0.243 e. The van der Waals surface area contributed by atoms with Crippen molar-refractivity contribution in [2.75, 3.05) is 63.8 Å². The van der Waals surface area contributed by atoms with Crippen LogP contribution >= 0.6 is 0 Å². The van der Waals surface area contributed by atoms with Crippen LogP contribution in [0.1, 0.15) is 11.1 Å². The summed E-state index contributed by atoms with van der Waals surface area (Å²) in [5.74, 6) is 0.0849. The lowest BCUT2D eigenvalue weighted by Crippen LogP contribution is -2.54. The third-order valence-corrected chi connectivity index (χ3v) is 8.35. The molecule has 8 heteroatoms. The number of aryl methyl sites for hydroxylation is 2. The Morgan fingerprint density at radius 1 is 0.812 bits per heavy atom. The van der Waals surface area contributed by atoms with E-state index in [2.05, 4.69) is 41.0 Å². The van der Waals surface area contributed by atoms with Gasteiger partial charge in [0.05, 0.1) is 11.4 Å². The molecule has 0 bridgehead atoms. The van der Waals surface area contributed by atoms with E-state index in [0.29, 0.717) is 37.6 Å². The third-order valence-electron chi connectivity index (χ3n) is 6.44. The molecule has 2 aliphatic rings. The van der Waals surface area contributed by atoms with E-state index in [4.69, 9.17) is 0 Å². The summed E-state index contributed by atoms with van der Waals surface area (Å²) in [7, 11) is -3.51. The molecule has 2 heterocycles. The molecule has 2 saturated heterocycles. The van der Waals surface area contributed by atoms with Gasteiger partial charge in [-0.2, -0.15) is 4.31 Å².